The van der Waals surface area contributed by atoms with Crippen LogP contribution in [0.1, 0.15) is 22.7 Å². The summed E-state index contributed by atoms with van der Waals surface area (Å²) in [6.07, 6.45) is 2.44. The molecule has 2 heterocycles. The fourth-order valence-electron chi connectivity index (χ4n) is 1.65. The predicted octanol–water partition coefficient (Wildman–Crippen LogP) is 1.45. The number of carbonyl (C=O) groups is 1. The summed E-state index contributed by atoms with van der Waals surface area (Å²) < 4.78 is 10.1. The van der Waals surface area contributed by atoms with Gasteiger partial charge in [0.25, 0.3) is 5.91 Å². The first-order chi connectivity index (χ1) is 10.3. The Balaban J connectivity index is 1.79. The first-order valence-electron chi connectivity index (χ1n) is 6.66. The zero-order chi connectivity index (χ0) is 14.9. The molecule has 7 heteroatoms. The molecule has 0 spiro atoms. The van der Waals surface area contributed by atoms with Crippen molar-refractivity contribution in [2.75, 3.05) is 25.6 Å². The van der Waals surface area contributed by atoms with Crippen LogP contribution in [0.2, 0.25) is 0 Å². The van der Waals surface area contributed by atoms with Crippen molar-refractivity contribution < 1.29 is 13.9 Å². The second kappa shape index (κ2) is 8.01. The van der Waals surface area contributed by atoms with Crippen LogP contribution in [-0.4, -0.2) is 36.4 Å². The average Bonchev–Trinajstić information content (AvgIpc) is 3.03. The van der Waals surface area contributed by atoms with E-state index in [2.05, 4.69) is 20.8 Å². The van der Waals surface area contributed by atoms with Crippen molar-refractivity contribution in [1.29, 1.82) is 0 Å². The molecular weight excluding hydrogens is 272 g/mol. The molecule has 0 saturated heterocycles. The van der Waals surface area contributed by atoms with Crippen LogP contribution in [0.5, 0.6) is 0 Å². The van der Waals surface area contributed by atoms with E-state index in [1.807, 2.05) is 0 Å². The minimum Gasteiger partial charge on any atom is -0.467 e. The van der Waals surface area contributed by atoms with E-state index in [0.717, 1.165) is 13.0 Å². The maximum absolute atomic E-state index is 11.9. The van der Waals surface area contributed by atoms with Crippen molar-refractivity contribution in [1.82, 2.24) is 15.5 Å². The number of methoxy groups -OCH3 is 1. The van der Waals surface area contributed by atoms with Gasteiger partial charge in [0.05, 0.1) is 12.8 Å². The Bertz CT molecular complexity index is 540. The number of rotatable bonds is 8. The van der Waals surface area contributed by atoms with Crippen molar-refractivity contribution >= 4 is 11.7 Å². The van der Waals surface area contributed by atoms with Crippen molar-refractivity contribution in [3.8, 4) is 0 Å². The van der Waals surface area contributed by atoms with Gasteiger partial charge in [-0.1, -0.05) is 0 Å². The van der Waals surface area contributed by atoms with Gasteiger partial charge in [0.15, 0.2) is 5.69 Å². The summed E-state index contributed by atoms with van der Waals surface area (Å²) in [5, 5.41) is 13.7. The second-order valence-electron chi connectivity index (χ2n) is 4.34. The van der Waals surface area contributed by atoms with Gasteiger partial charge in [-0.2, -0.15) is 0 Å². The molecule has 0 aliphatic rings. The van der Waals surface area contributed by atoms with E-state index in [4.69, 9.17) is 9.15 Å². The van der Waals surface area contributed by atoms with Crippen molar-refractivity contribution in [2.24, 2.45) is 0 Å². The molecule has 0 aliphatic heterocycles. The molecule has 0 saturated carbocycles. The lowest BCUT2D eigenvalue weighted by Crippen LogP contribution is -2.24. The van der Waals surface area contributed by atoms with Crippen LogP contribution < -0.4 is 10.6 Å². The number of hydrogen-bond acceptors (Lipinski definition) is 6. The van der Waals surface area contributed by atoms with E-state index in [1.165, 1.54) is 0 Å². The van der Waals surface area contributed by atoms with E-state index in [0.29, 0.717) is 24.7 Å². The molecule has 0 atom stereocenters. The molecule has 2 rings (SSSR count). The van der Waals surface area contributed by atoms with Crippen LogP contribution in [0.15, 0.2) is 34.9 Å². The van der Waals surface area contributed by atoms with Gasteiger partial charge in [-0.05, 0) is 30.7 Å². The van der Waals surface area contributed by atoms with E-state index in [1.54, 1.807) is 37.6 Å². The predicted molar refractivity (Wildman–Crippen MR) is 76.9 cm³/mol. The Morgan fingerprint density at radius 3 is 2.90 bits per heavy atom. The van der Waals surface area contributed by atoms with Gasteiger partial charge in [0.2, 0.25) is 0 Å². The summed E-state index contributed by atoms with van der Waals surface area (Å²) >= 11 is 0. The third-order valence-corrected chi connectivity index (χ3v) is 2.73. The normalized spacial score (nSPS) is 10.3. The first kappa shape index (κ1) is 15.0. The van der Waals surface area contributed by atoms with Crippen molar-refractivity contribution in [2.45, 2.75) is 13.0 Å². The Kier molecular flexibility index (Phi) is 5.71. The number of ether oxygens (including phenoxy) is 1. The number of carbonyl (C=O) groups excluding carboxylic acids is 1. The zero-order valence-corrected chi connectivity index (χ0v) is 11.8. The maximum atomic E-state index is 11.9. The van der Waals surface area contributed by atoms with E-state index in [-0.39, 0.29) is 11.6 Å². The quantitative estimate of drug-likeness (QED) is 0.715. The molecule has 112 valence electrons. The third-order valence-electron chi connectivity index (χ3n) is 2.73. The Hall–Kier alpha value is -2.41. The van der Waals surface area contributed by atoms with Crippen molar-refractivity contribution in [3.63, 3.8) is 0 Å². The Morgan fingerprint density at radius 1 is 1.33 bits per heavy atom. The fraction of sp³-hybridized carbons (Fsp3) is 0.357. The number of aromatic nitrogens is 2. The van der Waals surface area contributed by atoms with Gasteiger partial charge >= 0.3 is 0 Å². The SMILES string of the molecule is COCCCNc1ccc(C(=O)NCc2ccco2)nn1. The lowest BCUT2D eigenvalue weighted by atomic mass is 10.3. The molecule has 0 unspecified atom stereocenters. The standard InChI is InChI=1S/C14H18N4O3/c1-20-8-3-7-15-13-6-5-12(17-18-13)14(19)16-10-11-4-2-9-21-11/h2,4-6,9H,3,7-8,10H2,1H3,(H,15,18)(H,16,19). The monoisotopic (exact) mass is 290 g/mol. The van der Waals surface area contributed by atoms with Crippen LogP contribution >= 0.6 is 0 Å². The van der Waals surface area contributed by atoms with Crippen LogP contribution in [-0.2, 0) is 11.3 Å². The highest BCUT2D eigenvalue weighted by Gasteiger charge is 2.08. The van der Waals surface area contributed by atoms with E-state index < -0.39 is 0 Å². The highest BCUT2D eigenvalue weighted by molar-refractivity contribution is 5.92. The first-order valence-corrected chi connectivity index (χ1v) is 6.66. The maximum Gasteiger partial charge on any atom is 0.272 e. The highest BCUT2D eigenvalue weighted by Crippen LogP contribution is 2.03. The van der Waals surface area contributed by atoms with Gasteiger partial charge in [0, 0.05) is 20.3 Å². The van der Waals surface area contributed by atoms with E-state index >= 15 is 0 Å². The molecule has 0 aromatic carbocycles. The number of nitrogens with one attached hydrogen (secondary N) is 2. The molecule has 0 aliphatic carbocycles. The van der Waals surface area contributed by atoms with Crippen LogP contribution in [0.3, 0.4) is 0 Å². The average molecular weight is 290 g/mol. The molecule has 2 N–H and O–H groups in total. The molecule has 0 bridgehead atoms. The summed E-state index contributed by atoms with van der Waals surface area (Å²) in [5.41, 5.74) is 0.268. The highest BCUT2D eigenvalue weighted by atomic mass is 16.5. The molecule has 1 amide bonds. The second-order valence-corrected chi connectivity index (χ2v) is 4.34. The molecular formula is C14H18N4O3. The summed E-state index contributed by atoms with van der Waals surface area (Å²) in [6.45, 7) is 1.75. The van der Waals surface area contributed by atoms with E-state index in [9.17, 15) is 4.79 Å². The molecule has 2 aromatic heterocycles. The van der Waals surface area contributed by atoms with Crippen molar-refractivity contribution in [3.05, 3.63) is 42.0 Å². The van der Waals surface area contributed by atoms with Gasteiger partial charge in [-0.3, -0.25) is 4.79 Å². The van der Waals surface area contributed by atoms with Crippen LogP contribution in [0.25, 0.3) is 0 Å². The van der Waals surface area contributed by atoms with Gasteiger partial charge < -0.3 is 19.8 Å². The minimum absolute atomic E-state index is 0.268. The summed E-state index contributed by atoms with van der Waals surface area (Å²) in [7, 11) is 1.66. The zero-order valence-electron chi connectivity index (χ0n) is 11.8. The topological polar surface area (TPSA) is 89.3 Å². The summed E-state index contributed by atoms with van der Waals surface area (Å²) in [5.74, 6) is 1.03. The summed E-state index contributed by atoms with van der Waals surface area (Å²) in [4.78, 5) is 11.9. The number of amides is 1. The molecule has 0 radical (unpaired) electrons. The third kappa shape index (κ3) is 4.88. The minimum atomic E-state index is -0.287. The number of anilines is 1. The molecule has 21 heavy (non-hydrogen) atoms. The molecule has 7 nitrogen and oxygen atoms in total. The Morgan fingerprint density at radius 2 is 2.24 bits per heavy atom. The number of nitrogens with zero attached hydrogens (tertiary/aromatic N) is 2. The molecule has 2 aromatic rings. The molecule has 0 fully saturated rings. The van der Waals surface area contributed by atoms with Crippen LogP contribution in [0.4, 0.5) is 5.82 Å². The largest absolute Gasteiger partial charge is 0.467 e. The van der Waals surface area contributed by atoms with Crippen LogP contribution in [0, 0.1) is 0 Å². The van der Waals surface area contributed by atoms with Gasteiger partial charge in [-0.25, -0.2) is 0 Å². The van der Waals surface area contributed by atoms with Gasteiger partial charge in [-0.15, -0.1) is 10.2 Å². The lowest BCUT2D eigenvalue weighted by Gasteiger charge is -2.05. The fourth-order valence-corrected chi connectivity index (χ4v) is 1.65. The summed E-state index contributed by atoms with van der Waals surface area (Å²) in [6, 6.07) is 6.91. The smallest absolute Gasteiger partial charge is 0.272 e. The number of hydrogen-bond donors (Lipinski definition) is 2. The lowest BCUT2D eigenvalue weighted by molar-refractivity contribution is 0.0942. The number of furan rings is 1. The van der Waals surface area contributed by atoms with Gasteiger partial charge in [0.1, 0.15) is 11.6 Å². The Labute approximate surface area is 122 Å².